The number of ether oxygens (including phenoxy) is 4. The molecule has 43 heavy (non-hydrogen) atoms. The molecule has 1 saturated heterocycles. The van der Waals surface area contributed by atoms with E-state index in [0.29, 0.717) is 46.2 Å². The third kappa shape index (κ3) is 11.8. The van der Waals surface area contributed by atoms with E-state index in [9.17, 15) is 4.79 Å². The van der Waals surface area contributed by atoms with Gasteiger partial charge in [-0.25, -0.2) is 4.79 Å². The first-order valence-corrected chi connectivity index (χ1v) is 16.5. The first kappa shape index (κ1) is 33.8. The summed E-state index contributed by atoms with van der Waals surface area (Å²) in [6.07, 6.45) is 0.668. The van der Waals surface area contributed by atoms with Crippen LogP contribution in [0.5, 0.6) is 0 Å². The number of fused-ring (bicyclic) bond motifs is 2. The van der Waals surface area contributed by atoms with Gasteiger partial charge in [-0.05, 0) is 64.1 Å². The topological polar surface area (TPSA) is 75.7 Å². The van der Waals surface area contributed by atoms with Gasteiger partial charge in [0.15, 0.2) is 0 Å². The van der Waals surface area contributed by atoms with Crippen molar-refractivity contribution in [3.05, 3.63) is 47.5 Å². The summed E-state index contributed by atoms with van der Waals surface area (Å²) in [6.45, 7) is 16.5. The minimum absolute atomic E-state index is 0.407. The molecule has 2 aliphatic heterocycles. The smallest absolute Gasteiger partial charge is 0.407 e. The van der Waals surface area contributed by atoms with Crippen LogP contribution in [0.25, 0.3) is 0 Å². The molecular formula is C32H47ClN4O5S. The van der Waals surface area contributed by atoms with Crippen LogP contribution in [0.1, 0.15) is 27.2 Å². The molecule has 2 heterocycles. The molecule has 0 aliphatic carbocycles. The minimum Gasteiger partial charge on any atom is -0.444 e. The molecule has 4 rings (SSSR count). The zero-order valence-electron chi connectivity index (χ0n) is 25.8. The van der Waals surface area contributed by atoms with Gasteiger partial charge in [0.1, 0.15) is 5.60 Å². The molecule has 1 fully saturated rings. The number of carbonyl (C=O) groups excluding carboxylic acids is 1. The molecule has 2 aromatic rings. The molecule has 0 saturated carbocycles. The van der Waals surface area contributed by atoms with Crippen LogP contribution in [0.2, 0.25) is 5.02 Å². The number of piperazine rings is 1. The van der Waals surface area contributed by atoms with Crippen LogP contribution in [-0.4, -0.2) is 113 Å². The minimum atomic E-state index is -0.498. The van der Waals surface area contributed by atoms with Crippen LogP contribution in [0.4, 0.5) is 16.2 Å². The molecule has 238 valence electrons. The maximum Gasteiger partial charge on any atom is 0.407 e. The van der Waals surface area contributed by atoms with Gasteiger partial charge >= 0.3 is 6.09 Å². The van der Waals surface area contributed by atoms with Gasteiger partial charge < -0.3 is 34.1 Å². The van der Waals surface area contributed by atoms with E-state index in [1.807, 2.05) is 38.6 Å². The number of halogens is 1. The number of carbonyl (C=O) groups is 1. The first-order chi connectivity index (χ1) is 20.8. The van der Waals surface area contributed by atoms with Crippen molar-refractivity contribution in [1.29, 1.82) is 0 Å². The highest BCUT2D eigenvalue weighted by molar-refractivity contribution is 7.99. The highest BCUT2D eigenvalue weighted by atomic mass is 35.5. The Bertz CT molecular complexity index is 1140. The zero-order chi connectivity index (χ0) is 30.5. The van der Waals surface area contributed by atoms with Crippen molar-refractivity contribution in [3.8, 4) is 0 Å². The zero-order valence-corrected chi connectivity index (χ0v) is 27.4. The number of nitrogens with one attached hydrogen (secondary N) is 1. The van der Waals surface area contributed by atoms with Crippen molar-refractivity contribution in [2.24, 2.45) is 0 Å². The predicted octanol–water partition coefficient (Wildman–Crippen LogP) is 5.52. The number of para-hydroxylation sites is 1. The molecule has 0 spiro atoms. The van der Waals surface area contributed by atoms with Crippen molar-refractivity contribution >= 4 is 40.8 Å². The molecule has 0 bridgehead atoms. The molecular weight excluding hydrogens is 588 g/mol. The Hall–Kier alpha value is -2.05. The van der Waals surface area contributed by atoms with Crippen LogP contribution in [0.3, 0.4) is 0 Å². The molecule has 0 aromatic heterocycles. The van der Waals surface area contributed by atoms with Crippen LogP contribution >= 0.6 is 23.4 Å². The number of hydrogen-bond acceptors (Lipinski definition) is 9. The quantitative estimate of drug-likeness (QED) is 0.240. The lowest BCUT2D eigenvalue weighted by Crippen LogP contribution is -2.47. The van der Waals surface area contributed by atoms with Gasteiger partial charge in [-0.2, -0.15) is 0 Å². The van der Waals surface area contributed by atoms with Crippen molar-refractivity contribution < 1.29 is 23.7 Å². The summed E-state index contributed by atoms with van der Waals surface area (Å²) in [5.74, 6) is 0. The highest BCUT2D eigenvalue weighted by Crippen LogP contribution is 2.48. The van der Waals surface area contributed by atoms with E-state index in [1.54, 1.807) is 0 Å². The van der Waals surface area contributed by atoms with E-state index in [4.69, 9.17) is 30.5 Å². The molecule has 0 radical (unpaired) electrons. The van der Waals surface area contributed by atoms with Crippen LogP contribution < -0.4 is 10.2 Å². The van der Waals surface area contributed by atoms with Gasteiger partial charge in [0.2, 0.25) is 0 Å². The number of benzene rings is 2. The van der Waals surface area contributed by atoms with Crippen molar-refractivity contribution in [2.75, 3.05) is 96.9 Å². The summed E-state index contributed by atoms with van der Waals surface area (Å²) < 4.78 is 22.0. The third-order valence-electron chi connectivity index (χ3n) is 7.12. The fourth-order valence-corrected chi connectivity index (χ4v) is 6.25. The van der Waals surface area contributed by atoms with Crippen LogP contribution in [0, 0.1) is 0 Å². The SMILES string of the molecule is CC(C)(C)OC(=O)NCCOCCOCCOCCN1CCN(CCCN2c3ccccc3Sc3ccc(Cl)cc32)CC1. The number of rotatable bonds is 16. The molecule has 1 amide bonds. The number of hydrogen-bond donors (Lipinski definition) is 1. The van der Waals surface area contributed by atoms with Crippen molar-refractivity contribution in [1.82, 2.24) is 15.1 Å². The molecule has 1 N–H and O–H groups in total. The fourth-order valence-electron chi connectivity index (χ4n) is 5.01. The number of alkyl carbamates (subject to hydrolysis) is 1. The van der Waals surface area contributed by atoms with Gasteiger partial charge in [0.25, 0.3) is 0 Å². The molecule has 9 nitrogen and oxygen atoms in total. The van der Waals surface area contributed by atoms with E-state index < -0.39 is 11.7 Å². The van der Waals surface area contributed by atoms with E-state index in [2.05, 4.69) is 56.4 Å². The van der Waals surface area contributed by atoms with Gasteiger partial charge in [0, 0.05) is 60.6 Å². The van der Waals surface area contributed by atoms with Crippen LogP contribution in [-0.2, 0) is 18.9 Å². The van der Waals surface area contributed by atoms with Gasteiger partial charge in [0.05, 0.1) is 51.0 Å². The lowest BCUT2D eigenvalue weighted by molar-refractivity contribution is 0.00767. The largest absolute Gasteiger partial charge is 0.444 e. The van der Waals surface area contributed by atoms with E-state index in [0.717, 1.165) is 57.3 Å². The number of nitrogens with zero attached hydrogens (tertiary/aromatic N) is 3. The first-order valence-electron chi connectivity index (χ1n) is 15.3. The normalized spacial score (nSPS) is 15.7. The highest BCUT2D eigenvalue weighted by Gasteiger charge is 2.24. The molecule has 0 unspecified atom stereocenters. The Morgan fingerprint density at radius 1 is 0.814 bits per heavy atom. The van der Waals surface area contributed by atoms with Crippen molar-refractivity contribution in [3.63, 3.8) is 0 Å². The third-order valence-corrected chi connectivity index (χ3v) is 8.48. The van der Waals surface area contributed by atoms with E-state index in [1.165, 1.54) is 21.2 Å². The summed E-state index contributed by atoms with van der Waals surface area (Å²) in [5, 5.41) is 3.44. The standard InChI is InChI=1S/C32H47ClN4O5S/c1-32(2,3)42-31(38)34-11-19-39-21-23-41-24-22-40-20-18-36-16-14-35(15-17-36)12-6-13-37-27-7-4-5-8-29(27)43-30-10-9-26(33)25-28(30)37/h4-5,7-10,25H,6,11-24H2,1-3H3,(H,34,38). The Morgan fingerprint density at radius 3 is 2.16 bits per heavy atom. The second-order valence-corrected chi connectivity index (χ2v) is 13.2. The average molecular weight is 635 g/mol. The Balaban J connectivity index is 0.998. The summed E-state index contributed by atoms with van der Waals surface area (Å²) in [7, 11) is 0. The Morgan fingerprint density at radius 2 is 1.44 bits per heavy atom. The van der Waals surface area contributed by atoms with Crippen LogP contribution in [0.15, 0.2) is 52.3 Å². The summed E-state index contributed by atoms with van der Waals surface area (Å²) in [4.78, 5) is 21.6. The maximum absolute atomic E-state index is 11.6. The summed E-state index contributed by atoms with van der Waals surface area (Å²) in [6, 6.07) is 14.9. The van der Waals surface area contributed by atoms with Crippen molar-refractivity contribution in [2.45, 2.75) is 42.6 Å². The Kier molecular flexibility index (Phi) is 13.7. The average Bonchev–Trinajstić information content (AvgIpc) is 2.97. The number of amides is 1. The summed E-state index contributed by atoms with van der Waals surface area (Å²) >= 11 is 8.19. The van der Waals surface area contributed by atoms with Gasteiger partial charge in [-0.1, -0.05) is 35.5 Å². The molecule has 2 aliphatic rings. The van der Waals surface area contributed by atoms with Gasteiger partial charge in [-0.15, -0.1) is 0 Å². The molecule has 0 atom stereocenters. The fraction of sp³-hybridized carbons (Fsp3) is 0.594. The summed E-state index contributed by atoms with van der Waals surface area (Å²) in [5.41, 5.74) is 1.99. The van der Waals surface area contributed by atoms with E-state index in [-0.39, 0.29) is 0 Å². The number of anilines is 2. The monoisotopic (exact) mass is 634 g/mol. The lowest BCUT2D eigenvalue weighted by Gasteiger charge is -2.36. The molecule has 2 aromatic carbocycles. The maximum atomic E-state index is 11.6. The van der Waals surface area contributed by atoms with E-state index >= 15 is 0 Å². The second-order valence-electron chi connectivity index (χ2n) is 11.6. The second kappa shape index (κ2) is 17.4. The molecule has 11 heteroatoms. The predicted molar refractivity (Wildman–Crippen MR) is 173 cm³/mol. The Labute approximate surface area is 266 Å². The lowest BCUT2D eigenvalue weighted by atomic mass is 10.2. The van der Waals surface area contributed by atoms with Gasteiger partial charge in [-0.3, -0.25) is 4.90 Å².